The Kier molecular flexibility index (Phi) is 47.5. The molecule has 0 N–H and O–H groups in total. The molecule has 0 aliphatic heterocycles. The lowest BCUT2D eigenvalue weighted by Crippen LogP contribution is -2.30. The maximum atomic E-state index is 12.7. The average molecular weight is 833 g/mol. The van der Waals surface area contributed by atoms with Crippen molar-refractivity contribution in [2.75, 3.05) is 19.8 Å². The van der Waals surface area contributed by atoms with Gasteiger partial charge in [-0.2, -0.15) is 0 Å². The van der Waals surface area contributed by atoms with E-state index in [4.69, 9.17) is 14.2 Å². The van der Waals surface area contributed by atoms with Crippen molar-refractivity contribution in [2.24, 2.45) is 0 Å². The third-order valence-corrected chi connectivity index (χ3v) is 10.1. The van der Waals surface area contributed by atoms with E-state index in [0.717, 1.165) is 122 Å². The molecule has 0 fully saturated rings. The summed E-state index contributed by atoms with van der Waals surface area (Å²) in [5, 5.41) is 0. The van der Waals surface area contributed by atoms with Crippen LogP contribution in [0.2, 0.25) is 0 Å². The highest BCUT2D eigenvalue weighted by Gasteiger charge is 2.17. The van der Waals surface area contributed by atoms with Crippen molar-refractivity contribution in [3.63, 3.8) is 0 Å². The Hall–Kier alpha value is -3.18. The summed E-state index contributed by atoms with van der Waals surface area (Å²) >= 11 is 0. The first-order valence-electron chi connectivity index (χ1n) is 24.8. The summed E-state index contributed by atoms with van der Waals surface area (Å²) in [5.74, 6) is -0.437. The first kappa shape index (κ1) is 56.8. The SMILES string of the molecule is CC/C=C\C/C=C\C/C=C\C/C=C\CCCCCCCCC(=O)OCC(COCCCCC/C=C\C/C=C\C/C=C\C/C=C\CC)OC(=O)CCCCCCCCCCC. The Morgan fingerprint density at radius 3 is 1.20 bits per heavy atom. The van der Waals surface area contributed by atoms with Crippen LogP contribution in [0.4, 0.5) is 0 Å². The van der Waals surface area contributed by atoms with Gasteiger partial charge in [-0.05, 0) is 96.3 Å². The Morgan fingerprint density at radius 2 is 0.750 bits per heavy atom. The standard InChI is InChI=1S/C55H92O5/c1-4-7-10-13-16-19-21-23-25-27-28-29-30-32-34-37-39-42-45-48-54(56)59-52-53(60-55(57)49-46-43-40-36-18-15-12-9-6-3)51-58-50-47-44-41-38-35-33-31-26-24-22-20-17-14-11-8-5-2/h7-8,10-11,16-17,19-20,23-26,28-29,33,35,53H,4-6,9,12-15,18,21-22,27,30-32,34,36-52H2,1-3H3/b10-7-,11-8-,19-16-,20-17-,25-23-,26-24-,29-28-,35-33-. The molecule has 0 aromatic rings. The van der Waals surface area contributed by atoms with Crippen LogP contribution in [0.1, 0.15) is 213 Å². The van der Waals surface area contributed by atoms with Gasteiger partial charge in [0.05, 0.1) is 6.61 Å². The van der Waals surface area contributed by atoms with E-state index in [-0.39, 0.29) is 25.2 Å². The van der Waals surface area contributed by atoms with Crippen molar-refractivity contribution < 1.29 is 23.8 Å². The molecular formula is C55H92O5. The van der Waals surface area contributed by atoms with Crippen LogP contribution in [0.5, 0.6) is 0 Å². The molecule has 0 heterocycles. The van der Waals surface area contributed by atoms with Crippen LogP contribution in [-0.2, 0) is 23.8 Å². The third kappa shape index (κ3) is 47.5. The molecule has 0 aliphatic rings. The molecule has 0 aliphatic carbocycles. The molecule has 1 unspecified atom stereocenters. The van der Waals surface area contributed by atoms with Crippen molar-refractivity contribution in [3.05, 3.63) is 97.2 Å². The fourth-order valence-electron chi connectivity index (χ4n) is 6.49. The maximum Gasteiger partial charge on any atom is 0.306 e. The Morgan fingerprint density at radius 1 is 0.383 bits per heavy atom. The van der Waals surface area contributed by atoms with Crippen LogP contribution >= 0.6 is 0 Å². The van der Waals surface area contributed by atoms with Gasteiger partial charge >= 0.3 is 11.9 Å². The second-order valence-corrected chi connectivity index (χ2v) is 16.0. The molecule has 0 bridgehead atoms. The van der Waals surface area contributed by atoms with E-state index in [9.17, 15) is 9.59 Å². The predicted octanol–water partition coefficient (Wildman–Crippen LogP) is 16.7. The zero-order valence-electron chi connectivity index (χ0n) is 39.2. The predicted molar refractivity (Wildman–Crippen MR) is 260 cm³/mol. The van der Waals surface area contributed by atoms with E-state index >= 15 is 0 Å². The Bertz CT molecular complexity index is 1170. The van der Waals surface area contributed by atoms with Gasteiger partial charge in [0.15, 0.2) is 6.10 Å². The van der Waals surface area contributed by atoms with Gasteiger partial charge < -0.3 is 14.2 Å². The molecule has 0 radical (unpaired) electrons. The molecule has 0 saturated carbocycles. The van der Waals surface area contributed by atoms with Crippen LogP contribution in [0.25, 0.3) is 0 Å². The molecular weight excluding hydrogens is 741 g/mol. The van der Waals surface area contributed by atoms with Crippen molar-refractivity contribution in [1.29, 1.82) is 0 Å². The summed E-state index contributed by atoms with van der Waals surface area (Å²) in [6.45, 7) is 7.49. The quantitative estimate of drug-likeness (QED) is 0.0348. The van der Waals surface area contributed by atoms with Crippen LogP contribution in [0.15, 0.2) is 97.2 Å². The van der Waals surface area contributed by atoms with Gasteiger partial charge in [-0.3, -0.25) is 9.59 Å². The van der Waals surface area contributed by atoms with Gasteiger partial charge in [-0.15, -0.1) is 0 Å². The molecule has 1 atom stereocenters. The summed E-state index contributed by atoms with van der Waals surface area (Å²) in [7, 11) is 0. The lowest BCUT2D eigenvalue weighted by Gasteiger charge is -2.18. The molecule has 0 rings (SSSR count). The van der Waals surface area contributed by atoms with Gasteiger partial charge in [0.1, 0.15) is 6.61 Å². The van der Waals surface area contributed by atoms with Gasteiger partial charge in [0.25, 0.3) is 0 Å². The molecule has 0 aromatic carbocycles. The van der Waals surface area contributed by atoms with E-state index < -0.39 is 6.10 Å². The lowest BCUT2D eigenvalue weighted by atomic mass is 10.1. The lowest BCUT2D eigenvalue weighted by molar-refractivity contribution is -0.163. The minimum absolute atomic E-state index is 0.0610. The van der Waals surface area contributed by atoms with Gasteiger partial charge in [0.2, 0.25) is 0 Å². The first-order chi connectivity index (χ1) is 29.6. The molecule has 0 saturated heterocycles. The number of hydrogen-bond acceptors (Lipinski definition) is 5. The number of carbonyl (C=O) groups is 2. The van der Waals surface area contributed by atoms with E-state index in [1.807, 2.05) is 0 Å². The minimum Gasteiger partial charge on any atom is -0.462 e. The monoisotopic (exact) mass is 833 g/mol. The van der Waals surface area contributed by atoms with Crippen LogP contribution in [-0.4, -0.2) is 37.9 Å². The van der Waals surface area contributed by atoms with E-state index in [1.54, 1.807) is 0 Å². The summed E-state index contributed by atoms with van der Waals surface area (Å²) in [6.07, 6.45) is 67.0. The van der Waals surface area contributed by atoms with Gasteiger partial charge in [0, 0.05) is 19.4 Å². The second kappa shape index (κ2) is 50.2. The summed E-state index contributed by atoms with van der Waals surface area (Å²) < 4.78 is 17.3. The smallest absolute Gasteiger partial charge is 0.306 e. The topological polar surface area (TPSA) is 61.8 Å². The first-order valence-corrected chi connectivity index (χ1v) is 24.8. The molecule has 5 heteroatoms. The van der Waals surface area contributed by atoms with Crippen LogP contribution in [0, 0.1) is 0 Å². The molecule has 342 valence electrons. The van der Waals surface area contributed by atoms with Gasteiger partial charge in [-0.1, -0.05) is 201 Å². The van der Waals surface area contributed by atoms with E-state index in [1.165, 1.54) is 57.8 Å². The number of ether oxygens (including phenoxy) is 3. The van der Waals surface area contributed by atoms with Crippen LogP contribution in [0.3, 0.4) is 0 Å². The zero-order chi connectivity index (χ0) is 43.5. The normalized spacial score (nSPS) is 13.1. The number of unbranched alkanes of at least 4 members (excludes halogenated alkanes) is 17. The highest BCUT2D eigenvalue weighted by atomic mass is 16.6. The molecule has 60 heavy (non-hydrogen) atoms. The summed E-state index contributed by atoms with van der Waals surface area (Å²) in [5.41, 5.74) is 0. The minimum atomic E-state index is -0.561. The Labute approximate surface area is 371 Å². The van der Waals surface area contributed by atoms with E-state index in [0.29, 0.717) is 19.4 Å². The van der Waals surface area contributed by atoms with Crippen LogP contribution < -0.4 is 0 Å². The Balaban J connectivity index is 4.28. The number of esters is 2. The summed E-state index contributed by atoms with van der Waals surface area (Å²) in [4.78, 5) is 25.3. The average Bonchev–Trinajstić information content (AvgIpc) is 3.25. The zero-order valence-corrected chi connectivity index (χ0v) is 39.2. The van der Waals surface area contributed by atoms with Gasteiger partial charge in [-0.25, -0.2) is 0 Å². The molecule has 0 aromatic heterocycles. The molecule has 5 nitrogen and oxygen atoms in total. The summed E-state index contributed by atoms with van der Waals surface area (Å²) in [6, 6.07) is 0. The molecule has 0 spiro atoms. The fraction of sp³-hybridized carbons (Fsp3) is 0.673. The maximum absolute atomic E-state index is 12.7. The second-order valence-electron chi connectivity index (χ2n) is 16.0. The number of rotatable bonds is 44. The van der Waals surface area contributed by atoms with Crippen molar-refractivity contribution in [1.82, 2.24) is 0 Å². The fourth-order valence-corrected chi connectivity index (χ4v) is 6.49. The van der Waals surface area contributed by atoms with Crippen molar-refractivity contribution in [2.45, 2.75) is 219 Å². The van der Waals surface area contributed by atoms with E-state index in [2.05, 4.69) is 118 Å². The van der Waals surface area contributed by atoms with Crippen molar-refractivity contribution >= 4 is 11.9 Å². The molecule has 0 amide bonds. The number of carbonyl (C=O) groups excluding carboxylic acids is 2. The number of allylic oxidation sites excluding steroid dienone is 16. The largest absolute Gasteiger partial charge is 0.462 e. The van der Waals surface area contributed by atoms with Crippen molar-refractivity contribution in [3.8, 4) is 0 Å². The third-order valence-electron chi connectivity index (χ3n) is 10.1. The number of hydrogen-bond donors (Lipinski definition) is 0. The highest BCUT2D eigenvalue weighted by molar-refractivity contribution is 5.70. The highest BCUT2D eigenvalue weighted by Crippen LogP contribution is 2.13.